The molecule has 5 aromatic rings. The molecule has 2 aromatic heterocycles. The molecular formula is C27H22N2O4S. The quantitative estimate of drug-likeness (QED) is 0.293. The fraction of sp³-hybridized carbons (Fsp3) is 0.111. The molecule has 7 heteroatoms. The van der Waals surface area contributed by atoms with E-state index in [-0.39, 0.29) is 6.42 Å². The van der Waals surface area contributed by atoms with Gasteiger partial charge in [0.05, 0.1) is 12.1 Å². The second-order valence-corrected chi connectivity index (χ2v) is 8.88. The Hall–Kier alpha value is -4.10. The minimum Gasteiger partial charge on any atom is -0.489 e. The maximum absolute atomic E-state index is 11.0. The van der Waals surface area contributed by atoms with Crippen LogP contribution in [0.1, 0.15) is 16.0 Å². The Morgan fingerprint density at radius 1 is 0.882 bits per heavy atom. The molecule has 0 atom stereocenters. The molecular weight excluding hydrogens is 448 g/mol. The van der Waals surface area contributed by atoms with E-state index >= 15 is 0 Å². The number of ether oxygens (including phenoxy) is 2. The predicted octanol–water partition coefficient (Wildman–Crippen LogP) is 5.85. The number of aromatic nitrogens is 2. The Balaban J connectivity index is 1.42. The third kappa shape index (κ3) is 5.10. The Morgan fingerprint density at radius 2 is 1.56 bits per heavy atom. The number of imidazole rings is 1. The van der Waals surface area contributed by atoms with Crippen molar-refractivity contribution in [3.63, 3.8) is 0 Å². The molecule has 0 amide bonds. The normalized spacial score (nSPS) is 10.9. The van der Waals surface area contributed by atoms with Gasteiger partial charge in [0.25, 0.3) is 0 Å². The maximum atomic E-state index is 11.0. The van der Waals surface area contributed by atoms with Gasteiger partial charge in [-0.15, -0.1) is 11.3 Å². The number of nitrogens with zero attached hydrogens (tertiary/aromatic N) is 2. The van der Waals surface area contributed by atoms with E-state index in [1.807, 2.05) is 95.7 Å². The Kier molecular flexibility index (Phi) is 6.27. The van der Waals surface area contributed by atoms with E-state index in [0.717, 1.165) is 32.2 Å². The summed E-state index contributed by atoms with van der Waals surface area (Å²) in [6.45, 7) is 0.881. The van der Waals surface area contributed by atoms with Crippen LogP contribution in [0, 0.1) is 0 Å². The molecule has 0 aliphatic heterocycles. The molecule has 170 valence electrons. The van der Waals surface area contributed by atoms with Crippen LogP contribution in [-0.2, 0) is 24.4 Å². The average Bonchev–Trinajstić information content (AvgIpc) is 3.41. The summed E-state index contributed by atoms with van der Waals surface area (Å²) < 4.78 is 14.1. The summed E-state index contributed by atoms with van der Waals surface area (Å²) in [4.78, 5) is 17.2. The van der Waals surface area contributed by atoms with Crippen molar-refractivity contribution in [1.82, 2.24) is 9.38 Å². The van der Waals surface area contributed by atoms with Gasteiger partial charge < -0.3 is 14.6 Å². The van der Waals surface area contributed by atoms with E-state index in [4.69, 9.17) is 19.6 Å². The number of hydrogen-bond donors (Lipinski definition) is 1. The summed E-state index contributed by atoms with van der Waals surface area (Å²) in [5.74, 6) is 0.527. The van der Waals surface area contributed by atoms with Gasteiger partial charge in [-0.2, -0.15) is 0 Å². The molecule has 0 spiro atoms. The number of benzene rings is 3. The smallest absolute Gasteiger partial charge is 0.308 e. The van der Waals surface area contributed by atoms with Gasteiger partial charge in [-0.05, 0) is 23.3 Å². The van der Waals surface area contributed by atoms with Crippen LogP contribution in [0.3, 0.4) is 0 Å². The first-order valence-corrected chi connectivity index (χ1v) is 11.6. The van der Waals surface area contributed by atoms with Gasteiger partial charge in [0.2, 0.25) is 0 Å². The van der Waals surface area contributed by atoms with E-state index in [1.165, 1.54) is 11.3 Å². The van der Waals surface area contributed by atoms with Gasteiger partial charge in [-0.1, -0.05) is 60.7 Å². The zero-order valence-corrected chi connectivity index (χ0v) is 19.1. The van der Waals surface area contributed by atoms with Gasteiger partial charge in [0.1, 0.15) is 24.7 Å². The third-order valence-electron chi connectivity index (χ3n) is 5.24. The van der Waals surface area contributed by atoms with Crippen LogP contribution in [0.2, 0.25) is 0 Å². The lowest BCUT2D eigenvalue weighted by molar-refractivity contribution is -0.136. The molecule has 6 nitrogen and oxygen atoms in total. The first kappa shape index (κ1) is 21.7. The Labute approximate surface area is 200 Å². The van der Waals surface area contributed by atoms with Crippen molar-refractivity contribution in [1.29, 1.82) is 0 Å². The number of carboxylic acids is 1. The third-order valence-corrected chi connectivity index (χ3v) is 6.24. The van der Waals surface area contributed by atoms with Crippen LogP contribution in [-0.4, -0.2) is 20.5 Å². The highest BCUT2D eigenvalue weighted by Gasteiger charge is 2.15. The van der Waals surface area contributed by atoms with E-state index in [1.54, 1.807) is 0 Å². The highest BCUT2D eigenvalue weighted by atomic mass is 32.1. The molecule has 3 aromatic carbocycles. The van der Waals surface area contributed by atoms with E-state index in [9.17, 15) is 4.79 Å². The first-order valence-electron chi connectivity index (χ1n) is 10.8. The standard InChI is InChI=1S/C27H22N2O4S/c30-26(31)14-22-15-29-16-24(28-27(29)34-22)23-12-11-21(32-17-19-7-3-1-4-8-19)13-25(23)33-18-20-9-5-2-6-10-20/h1-13,15-16H,14,17-18H2,(H,30,31). The van der Waals surface area contributed by atoms with Gasteiger partial charge in [-0.3, -0.25) is 9.20 Å². The number of carbonyl (C=O) groups is 1. The Bertz CT molecular complexity index is 1380. The lowest BCUT2D eigenvalue weighted by Crippen LogP contribution is -1.99. The highest BCUT2D eigenvalue weighted by molar-refractivity contribution is 7.17. The van der Waals surface area contributed by atoms with Crippen LogP contribution >= 0.6 is 11.3 Å². The minimum absolute atomic E-state index is 0.0117. The molecule has 5 rings (SSSR count). The molecule has 2 heterocycles. The molecule has 1 N–H and O–H groups in total. The monoisotopic (exact) mass is 470 g/mol. The van der Waals surface area contributed by atoms with Crippen molar-refractivity contribution < 1.29 is 19.4 Å². The van der Waals surface area contributed by atoms with Crippen molar-refractivity contribution in [2.24, 2.45) is 0 Å². The van der Waals surface area contributed by atoms with Crippen molar-refractivity contribution in [3.05, 3.63) is 107 Å². The first-order chi connectivity index (χ1) is 16.6. The van der Waals surface area contributed by atoms with E-state index in [2.05, 4.69) is 0 Å². The predicted molar refractivity (Wildman–Crippen MR) is 131 cm³/mol. The SMILES string of the molecule is O=C(O)Cc1cn2cc(-c3ccc(OCc4ccccc4)cc3OCc3ccccc3)nc2s1. The van der Waals surface area contributed by atoms with E-state index < -0.39 is 5.97 Å². The summed E-state index contributed by atoms with van der Waals surface area (Å²) in [6, 6.07) is 25.7. The molecule has 34 heavy (non-hydrogen) atoms. The van der Waals surface area contributed by atoms with Gasteiger partial charge in [0, 0.05) is 28.9 Å². The van der Waals surface area contributed by atoms with Gasteiger partial charge in [-0.25, -0.2) is 4.98 Å². The summed E-state index contributed by atoms with van der Waals surface area (Å²) in [6.07, 6.45) is 3.70. The van der Waals surface area contributed by atoms with Crippen molar-refractivity contribution in [3.8, 4) is 22.8 Å². The molecule has 0 saturated heterocycles. The lowest BCUT2D eigenvalue weighted by atomic mass is 10.1. The lowest BCUT2D eigenvalue weighted by Gasteiger charge is -2.13. The van der Waals surface area contributed by atoms with Crippen LogP contribution in [0.15, 0.2) is 91.3 Å². The molecule has 0 fully saturated rings. The van der Waals surface area contributed by atoms with E-state index in [0.29, 0.717) is 24.7 Å². The summed E-state index contributed by atoms with van der Waals surface area (Å²) >= 11 is 1.37. The number of aliphatic carboxylic acids is 1. The largest absolute Gasteiger partial charge is 0.489 e. The van der Waals surface area contributed by atoms with Crippen LogP contribution in [0.4, 0.5) is 0 Å². The highest BCUT2D eigenvalue weighted by Crippen LogP contribution is 2.35. The van der Waals surface area contributed by atoms with Gasteiger partial charge in [0.15, 0.2) is 4.96 Å². The number of rotatable bonds is 9. The van der Waals surface area contributed by atoms with Gasteiger partial charge >= 0.3 is 5.97 Å². The Morgan fingerprint density at radius 3 is 2.21 bits per heavy atom. The van der Waals surface area contributed by atoms with Crippen molar-refractivity contribution >= 4 is 22.3 Å². The average molecular weight is 471 g/mol. The summed E-state index contributed by atoms with van der Waals surface area (Å²) in [7, 11) is 0. The van der Waals surface area contributed by atoms with Crippen LogP contribution in [0.25, 0.3) is 16.2 Å². The summed E-state index contributed by atoms with van der Waals surface area (Å²) in [5.41, 5.74) is 3.75. The molecule has 0 radical (unpaired) electrons. The fourth-order valence-electron chi connectivity index (χ4n) is 3.60. The van der Waals surface area contributed by atoms with Crippen molar-refractivity contribution in [2.45, 2.75) is 19.6 Å². The number of fused-ring (bicyclic) bond motifs is 1. The molecule has 0 bridgehead atoms. The second kappa shape index (κ2) is 9.80. The van der Waals surface area contributed by atoms with Crippen molar-refractivity contribution in [2.75, 3.05) is 0 Å². The zero-order chi connectivity index (χ0) is 23.3. The fourth-order valence-corrected chi connectivity index (χ4v) is 4.55. The topological polar surface area (TPSA) is 73.1 Å². The van der Waals surface area contributed by atoms with Crippen LogP contribution in [0.5, 0.6) is 11.5 Å². The number of hydrogen-bond acceptors (Lipinski definition) is 5. The van der Waals surface area contributed by atoms with Crippen LogP contribution < -0.4 is 9.47 Å². The molecule has 0 aliphatic rings. The number of thiazole rings is 1. The number of carboxylic acid groups (broad SMARTS) is 1. The molecule has 0 aliphatic carbocycles. The molecule has 0 saturated carbocycles. The minimum atomic E-state index is -0.854. The molecule has 0 unspecified atom stereocenters. The maximum Gasteiger partial charge on any atom is 0.308 e. The summed E-state index contributed by atoms with van der Waals surface area (Å²) in [5, 5.41) is 9.04. The zero-order valence-electron chi connectivity index (χ0n) is 18.3. The second-order valence-electron chi connectivity index (χ2n) is 7.79.